The summed E-state index contributed by atoms with van der Waals surface area (Å²) in [5.41, 5.74) is 9.06. The van der Waals surface area contributed by atoms with Crippen LogP contribution in [0.2, 0.25) is 19.6 Å². The zero-order chi connectivity index (χ0) is 13.2. The first-order chi connectivity index (χ1) is 7.76. The second kappa shape index (κ2) is 5.08. The van der Waals surface area contributed by atoms with E-state index in [0.29, 0.717) is 0 Å². The molecule has 0 amide bonds. The van der Waals surface area contributed by atoms with Crippen LogP contribution in [0, 0.1) is 32.2 Å². The van der Waals surface area contributed by atoms with E-state index in [1.54, 1.807) is 0 Å². The fourth-order valence-electron chi connectivity index (χ4n) is 1.76. The highest BCUT2D eigenvalue weighted by molar-refractivity contribution is 6.83. The number of aliphatic hydroxyl groups excluding tert-OH is 1. The molecule has 0 spiro atoms. The van der Waals surface area contributed by atoms with Gasteiger partial charge in [-0.05, 0) is 49.1 Å². The molecule has 2 heteroatoms. The molecule has 1 aromatic carbocycles. The summed E-state index contributed by atoms with van der Waals surface area (Å²) in [5.74, 6) is 3.32. The number of hydrogen-bond acceptors (Lipinski definition) is 1. The van der Waals surface area contributed by atoms with Crippen LogP contribution in [0.15, 0.2) is 6.07 Å². The fourth-order valence-corrected chi connectivity index (χ4v) is 2.27. The first kappa shape index (κ1) is 14.0. The molecule has 0 radical (unpaired) electrons. The van der Waals surface area contributed by atoms with E-state index in [2.05, 4.69) is 51.0 Å². The summed E-state index contributed by atoms with van der Waals surface area (Å²) in [6.45, 7) is 13.0. The van der Waals surface area contributed by atoms with Gasteiger partial charge in [0.25, 0.3) is 0 Å². The quantitative estimate of drug-likeness (QED) is 0.595. The van der Waals surface area contributed by atoms with Crippen molar-refractivity contribution in [2.75, 3.05) is 0 Å². The van der Waals surface area contributed by atoms with E-state index < -0.39 is 8.07 Å². The van der Waals surface area contributed by atoms with Crippen LogP contribution in [0.5, 0.6) is 0 Å². The molecule has 1 rings (SSSR count). The van der Waals surface area contributed by atoms with E-state index in [4.69, 9.17) is 0 Å². The SMILES string of the molecule is Cc1cc(C#C[Si](C)(C)C)c(C)c(C)c1CO. The van der Waals surface area contributed by atoms with Crippen molar-refractivity contribution in [2.24, 2.45) is 0 Å². The molecule has 0 saturated carbocycles. The van der Waals surface area contributed by atoms with E-state index in [1.807, 2.05) is 6.92 Å². The van der Waals surface area contributed by atoms with Crippen LogP contribution in [0.3, 0.4) is 0 Å². The van der Waals surface area contributed by atoms with Gasteiger partial charge in [-0.3, -0.25) is 0 Å². The minimum absolute atomic E-state index is 0.111. The third kappa shape index (κ3) is 3.46. The lowest BCUT2D eigenvalue weighted by Crippen LogP contribution is -2.16. The zero-order valence-electron chi connectivity index (χ0n) is 11.7. The molecule has 1 nitrogen and oxygen atoms in total. The maximum atomic E-state index is 9.34. The second-order valence-corrected chi connectivity index (χ2v) is 10.4. The number of benzene rings is 1. The molecule has 0 saturated heterocycles. The van der Waals surface area contributed by atoms with E-state index in [-0.39, 0.29) is 6.61 Å². The predicted molar refractivity (Wildman–Crippen MR) is 76.8 cm³/mol. The first-order valence-electron chi connectivity index (χ1n) is 6.00. The Morgan fingerprint density at radius 2 is 1.71 bits per heavy atom. The maximum Gasteiger partial charge on any atom is 0.129 e. The molecule has 0 fully saturated rings. The van der Waals surface area contributed by atoms with Gasteiger partial charge in [0.05, 0.1) is 6.61 Å². The van der Waals surface area contributed by atoms with Gasteiger partial charge < -0.3 is 5.11 Å². The lowest BCUT2D eigenvalue weighted by Gasteiger charge is -2.12. The van der Waals surface area contributed by atoms with Crippen LogP contribution in [0.1, 0.15) is 27.8 Å². The third-order valence-electron chi connectivity index (χ3n) is 2.99. The average molecular weight is 246 g/mol. The topological polar surface area (TPSA) is 20.2 Å². The van der Waals surface area contributed by atoms with E-state index in [0.717, 1.165) is 16.7 Å². The summed E-state index contributed by atoms with van der Waals surface area (Å²) in [5, 5.41) is 9.34. The summed E-state index contributed by atoms with van der Waals surface area (Å²) >= 11 is 0. The molecule has 0 aliphatic carbocycles. The number of aryl methyl sites for hydroxylation is 1. The van der Waals surface area contributed by atoms with E-state index >= 15 is 0 Å². The molecule has 1 aromatic rings. The van der Waals surface area contributed by atoms with Gasteiger partial charge in [0.1, 0.15) is 8.07 Å². The van der Waals surface area contributed by atoms with Crippen molar-refractivity contribution >= 4 is 8.07 Å². The highest BCUT2D eigenvalue weighted by Crippen LogP contribution is 2.21. The summed E-state index contributed by atoms with van der Waals surface area (Å²) in [6, 6.07) is 2.10. The van der Waals surface area contributed by atoms with Gasteiger partial charge >= 0.3 is 0 Å². The Morgan fingerprint density at radius 1 is 1.12 bits per heavy atom. The largest absolute Gasteiger partial charge is 0.392 e. The molecule has 0 aliphatic heterocycles. The van der Waals surface area contributed by atoms with Gasteiger partial charge in [-0.2, -0.15) is 0 Å². The summed E-state index contributed by atoms with van der Waals surface area (Å²) in [4.78, 5) is 0. The van der Waals surface area contributed by atoms with Crippen molar-refractivity contribution in [3.63, 3.8) is 0 Å². The minimum Gasteiger partial charge on any atom is -0.392 e. The number of hydrogen-bond donors (Lipinski definition) is 1. The fraction of sp³-hybridized carbons (Fsp3) is 0.467. The molecule has 92 valence electrons. The van der Waals surface area contributed by atoms with E-state index in [1.165, 1.54) is 11.1 Å². The van der Waals surface area contributed by atoms with Crippen molar-refractivity contribution < 1.29 is 5.11 Å². The monoisotopic (exact) mass is 246 g/mol. The smallest absolute Gasteiger partial charge is 0.129 e. The first-order valence-corrected chi connectivity index (χ1v) is 9.50. The molecule has 0 heterocycles. The van der Waals surface area contributed by atoms with E-state index in [9.17, 15) is 5.11 Å². The summed E-state index contributed by atoms with van der Waals surface area (Å²) in [7, 11) is -1.33. The highest BCUT2D eigenvalue weighted by Gasteiger charge is 2.10. The normalized spacial score (nSPS) is 11.0. The van der Waals surface area contributed by atoms with Crippen molar-refractivity contribution in [3.8, 4) is 11.5 Å². The number of aliphatic hydroxyl groups is 1. The molecule has 0 unspecified atom stereocenters. The highest BCUT2D eigenvalue weighted by atomic mass is 28.3. The van der Waals surface area contributed by atoms with Crippen LogP contribution in [-0.4, -0.2) is 13.2 Å². The second-order valence-electron chi connectivity index (χ2n) is 5.63. The van der Waals surface area contributed by atoms with Gasteiger partial charge in [0.2, 0.25) is 0 Å². The van der Waals surface area contributed by atoms with Gasteiger partial charge in [-0.1, -0.05) is 25.6 Å². The van der Waals surface area contributed by atoms with Gasteiger partial charge in [-0.15, -0.1) is 5.54 Å². The molecule has 0 aromatic heterocycles. The Labute approximate surface area is 106 Å². The maximum absolute atomic E-state index is 9.34. The Bertz CT molecular complexity index is 484. The Balaban J connectivity index is 3.32. The molecule has 17 heavy (non-hydrogen) atoms. The van der Waals surface area contributed by atoms with Crippen LogP contribution >= 0.6 is 0 Å². The number of rotatable bonds is 1. The van der Waals surface area contributed by atoms with Crippen LogP contribution in [0.4, 0.5) is 0 Å². The predicted octanol–water partition coefficient (Wildman–Crippen LogP) is 3.33. The van der Waals surface area contributed by atoms with Crippen molar-refractivity contribution in [3.05, 3.63) is 33.9 Å². The zero-order valence-corrected chi connectivity index (χ0v) is 12.7. The summed E-state index contributed by atoms with van der Waals surface area (Å²) in [6.07, 6.45) is 0. The molecule has 0 atom stereocenters. The Kier molecular flexibility index (Phi) is 4.19. The van der Waals surface area contributed by atoms with Crippen molar-refractivity contribution in [1.82, 2.24) is 0 Å². The van der Waals surface area contributed by atoms with Crippen molar-refractivity contribution in [1.29, 1.82) is 0 Å². The van der Waals surface area contributed by atoms with Crippen LogP contribution in [-0.2, 0) is 6.61 Å². The lowest BCUT2D eigenvalue weighted by molar-refractivity contribution is 0.280. The minimum atomic E-state index is -1.33. The van der Waals surface area contributed by atoms with Crippen LogP contribution < -0.4 is 0 Å². The van der Waals surface area contributed by atoms with Gasteiger partial charge in [-0.25, -0.2) is 0 Å². The Hall–Kier alpha value is -1.04. The summed E-state index contributed by atoms with van der Waals surface area (Å²) < 4.78 is 0. The molecule has 0 aliphatic rings. The molecule has 0 bridgehead atoms. The van der Waals surface area contributed by atoms with Gasteiger partial charge in [0.15, 0.2) is 0 Å². The van der Waals surface area contributed by atoms with Crippen molar-refractivity contribution in [2.45, 2.75) is 47.0 Å². The van der Waals surface area contributed by atoms with Crippen LogP contribution in [0.25, 0.3) is 0 Å². The van der Waals surface area contributed by atoms with Gasteiger partial charge in [0, 0.05) is 5.56 Å². The average Bonchev–Trinajstić information content (AvgIpc) is 2.21. The molecular formula is C15H22OSi. The molecule has 1 N–H and O–H groups in total. The third-order valence-corrected chi connectivity index (χ3v) is 3.86. The standard InChI is InChI=1S/C15H22OSi/c1-11-9-14(7-8-17(4,5)6)12(2)13(3)15(11)10-16/h9,16H,10H2,1-6H3. The lowest BCUT2D eigenvalue weighted by atomic mass is 9.94. The molecular weight excluding hydrogens is 224 g/mol. The Morgan fingerprint density at radius 3 is 2.18 bits per heavy atom.